The summed E-state index contributed by atoms with van der Waals surface area (Å²) in [5.41, 5.74) is 0. The molecule has 0 spiro atoms. The number of rotatable bonds is 1. The number of fused-ring (bicyclic) bond motifs is 2. The van der Waals surface area contributed by atoms with Crippen LogP contribution >= 0.6 is 11.6 Å². The molecule has 0 saturated heterocycles. The minimum absolute atomic E-state index is 0.460. The van der Waals surface area contributed by atoms with Crippen LogP contribution in [0.15, 0.2) is 12.7 Å². The normalized spacial score (nSPS) is 51.7. The second-order valence-corrected chi connectivity index (χ2v) is 4.21. The first-order valence-electron chi connectivity index (χ1n) is 4.08. The predicted octanol–water partition coefficient (Wildman–Crippen LogP) is 2.83. The van der Waals surface area contributed by atoms with Crippen molar-refractivity contribution in [3.05, 3.63) is 12.7 Å². The Balaban J connectivity index is 2.12. The van der Waals surface area contributed by atoms with E-state index >= 15 is 0 Å². The van der Waals surface area contributed by atoms with Crippen LogP contribution < -0.4 is 0 Å². The van der Waals surface area contributed by atoms with Crippen LogP contribution in [-0.2, 0) is 0 Å². The van der Waals surface area contributed by atoms with E-state index in [2.05, 4.69) is 12.7 Å². The molecule has 2 saturated carbocycles. The maximum atomic E-state index is 6.13. The van der Waals surface area contributed by atoms with Gasteiger partial charge in [0, 0.05) is 5.38 Å². The zero-order valence-corrected chi connectivity index (χ0v) is 6.85. The minimum Gasteiger partial charge on any atom is -0.123 e. The van der Waals surface area contributed by atoms with Gasteiger partial charge in [-0.3, -0.25) is 0 Å². The molecule has 0 aliphatic heterocycles. The van der Waals surface area contributed by atoms with Crippen molar-refractivity contribution in [2.45, 2.75) is 24.6 Å². The fourth-order valence-electron chi connectivity index (χ4n) is 2.59. The summed E-state index contributed by atoms with van der Waals surface area (Å²) in [4.78, 5) is 0. The highest BCUT2D eigenvalue weighted by Crippen LogP contribution is 2.50. The summed E-state index contributed by atoms with van der Waals surface area (Å²) < 4.78 is 0. The van der Waals surface area contributed by atoms with Gasteiger partial charge in [0.05, 0.1) is 0 Å². The number of allylic oxidation sites excluding steroid dienone is 1. The molecule has 56 valence electrons. The van der Waals surface area contributed by atoms with Crippen LogP contribution in [0.5, 0.6) is 0 Å². The monoisotopic (exact) mass is 156 g/mol. The van der Waals surface area contributed by atoms with Crippen molar-refractivity contribution in [2.75, 3.05) is 0 Å². The van der Waals surface area contributed by atoms with Crippen LogP contribution in [0, 0.1) is 17.8 Å². The van der Waals surface area contributed by atoms with E-state index in [1.807, 2.05) is 0 Å². The average Bonchev–Trinajstić information content (AvgIpc) is 2.44. The summed E-state index contributed by atoms with van der Waals surface area (Å²) in [6.45, 7) is 3.84. The van der Waals surface area contributed by atoms with Crippen molar-refractivity contribution >= 4 is 11.6 Å². The van der Waals surface area contributed by atoms with E-state index < -0.39 is 0 Å². The van der Waals surface area contributed by atoms with E-state index in [-0.39, 0.29) is 0 Å². The van der Waals surface area contributed by atoms with Gasteiger partial charge in [-0.1, -0.05) is 6.08 Å². The summed E-state index contributed by atoms with van der Waals surface area (Å²) in [7, 11) is 0. The standard InChI is InChI=1S/C9H13Cl/c1-2-7-3-6-4-8(7)9(10)5-6/h2,6-9H,1,3-5H2. The number of alkyl halides is 1. The molecule has 2 fully saturated rings. The van der Waals surface area contributed by atoms with E-state index in [9.17, 15) is 0 Å². The van der Waals surface area contributed by atoms with Crippen LogP contribution in [0.1, 0.15) is 19.3 Å². The molecule has 0 aromatic rings. The Morgan fingerprint density at radius 2 is 2.10 bits per heavy atom. The van der Waals surface area contributed by atoms with Gasteiger partial charge in [-0.15, -0.1) is 18.2 Å². The van der Waals surface area contributed by atoms with Gasteiger partial charge >= 0.3 is 0 Å². The highest BCUT2D eigenvalue weighted by Gasteiger charge is 2.43. The van der Waals surface area contributed by atoms with Crippen molar-refractivity contribution < 1.29 is 0 Å². The Kier molecular flexibility index (Phi) is 1.52. The van der Waals surface area contributed by atoms with Crippen LogP contribution in [0.4, 0.5) is 0 Å². The molecule has 10 heavy (non-hydrogen) atoms. The Bertz CT molecular complexity index is 153. The Labute approximate surface area is 67.3 Å². The molecule has 2 aliphatic rings. The van der Waals surface area contributed by atoms with Gasteiger partial charge in [0.25, 0.3) is 0 Å². The molecule has 0 nitrogen and oxygen atoms in total. The third-order valence-electron chi connectivity index (χ3n) is 3.09. The molecule has 0 amide bonds. The molecule has 2 aliphatic carbocycles. The summed E-state index contributed by atoms with van der Waals surface area (Å²) in [6, 6.07) is 0. The van der Waals surface area contributed by atoms with Gasteiger partial charge in [0.1, 0.15) is 0 Å². The number of hydrogen-bond donors (Lipinski definition) is 0. The van der Waals surface area contributed by atoms with Gasteiger partial charge in [0.2, 0.25) is 0 Å². The lowest BCUT2D eigenvalue weighted by Crippen LogP contribution is -2.18. The lowest BCUT2D eigenvalue weighted by Gasteiger charge is -2.22. The molecule has 0 N–H and O–H groups in total. The van der Waals surface area contributed by atoms with Crippen molar-refractivity contribution in [2.24, 2.45) is 17.8 Å². The van der Waals surface area contributed by atoms with Gasteiger partial charge in [-0.2, -0.15) is 0 Å². The van der Waals surface area contributed by atoms with E-state index in [0.717, 1.165) is 17.8 Å². The molecule has 2 rings (SSSR count). The predicted molar refractivity (Wildman–Crippen MR) is 44.2 cm³/mol. The molecule has 0 aromatic heterocycles. The van der Waals surface area contributed by atoms with E-state index in [0.29, 0.717) is 5.38 Å². The Hall–Kier alpha value is 0.0300. The molecule has 2 bridgehead atoms. The van der Waals surface area contributed by atoms with E-state index in [1.54, 1.807) is 0 Å². The Morgan fingerprint density at radius 3 is 2.50 bits per heavy atom. The molecular weight excluding hydrogens is 144 g/mol. The van der Waals surface area contributed by atoms with Crippen LogP contribution in [0.25, 0.3) is 0 Å². The maximum Gasteiger partial charge on any atom is 0.0372 e. The highest BCUT2D eigenvalue weighted by molar-refractivity contribution is 6.21. The topological polar surface area (TPSA) is 0 Å². The molecule has 4 atom stereocenters. The quantitative estimate of drug-likeness (QED) is 0.405. The first kappa shape index (κ1) is 6.72. The maximum absolute atomic E-state index is 6.13. The molecule has 0 radical (unpaired) electrons. The van der Waals surface area contributed by atoms with Crippen LogP contribution in [0.2, 0.25) is 0 Å². The summed E-state index contributed by atoms with van der Waals surface area (Å²) in [6.07, 6.45) is 6.08. The zero-order valence-electron chi connectivity index (χ0n) is 6.09. The van der Waals surface area contributed by atoms with Crippen molar-refractivity contribution in [1.82, 2.24) is 0 Å². The molecule has 1 heteroatoms. The van der Waals surface area contributed by atoms with Crippen LogP contribution in [-0.4, -0.2) is 5.38 Å². The van der Waals surface area contributed by atoms with Crippen LogP contribution in [0.3, 0.4) is 0 Å². The first-order chi connectivity index (χ1) is 4.81. The fourth-order valence-corrected chi connectivity index (χ4v) is 3.13. The third kappa shape index (κ3) is 0.818. The smallest absolute Gasteiger partial charge is 0.0372 e. The molecule has 0 heterocycles. The minimum atomic E-state index is 0.460. The first-order valence-corrected chi connectivity index (χ1v) is 4.51. The second-order valence-electron chi connectivity index (χ2n) is 3.65. The summed E-state index contributed by atoms with van der Waals surface area (Å²) in [5.74, 6) is 2.43. The van der Waals surface area contributed by atoms with E-state index in [1.165, 1.54) is 19.3 Å². The summed E-state index contributed by atoms with van der Waals surface area (Å²) in [5, 5.41) is 0.460. The largest absolute Gasteiger partial charge is 0.123 e. The SMILES string of the molecule is C=CC1CC2CC(Cl)C1C2. The Morgan fingerprint density at radius 1 is 1.30 bits per heavy atom. The molecular formula is C9H13Cl. The van der Waals surface area contributed by atoms with Crippen molar-refractivity contribution in [3.63, 3.8) is 0 Å². The van der Waals surface area contributed by atoms with Crippen molar-refractivity contribution in [3.8, 4) is 0 Å². The lowest BCUT2D eigenvalue weighted by atomic mass is 9.89. The van der Waals surface area contributed by atoms with Gasteiger partial charge in [0.15, 0.2) is 0 Å². The number of halogens is 1. The fraction of sp³-hybridized carbons (Fsp3) is 0.778. The molecule has 0 aromatic carbocycles. The van der Waals surface area contributed by atoms with Gasteiger partial charge in [-0.05, 0) is 37.0 Å². The third-order valence-corrected chi connectivity index (χ3v) is 3.59. The van der Waals surface area contributed by atoms with Gasteiger partial charge < -0.3 is 0 Å². The molecule has 4 unspecified atom stereocenters. The highest BCUT2D eigenvalue weighted by atomic mass is 35.5. The summed E-state index contributed by atoms with van der Waals surface area (Å²) >= 11 is 6.13. The van der Waals surface area contributed by atoms with Gasteiger partial charge in [-0.25, -0.2) is 0 Å². The zero-order chi connectivity index (χ0) is 7.14. The van der Waals surface area contributed by atoms with E-state index in [4.69, 9.17) is 11.6 Å². The average molecular weight is 157 g/mol. The van der Waals surface area contributed by atoms with Crippen molar-refractivity contribution in [1.29, 1.82) is 0 Å². The second kappa shape index (κ2) is 2.27. The number of hydrogen-bond acceptors (Lipinski definition) is 0. The lowest BCUT2D eigenvalue weighted by molar-refractivity contribution is 0.401.